The van der Waals surface area contributed by atoms with Crippen LogP contribution < -0.4 is 0 Å². The Morgan fingerprint density at radius 2 is 1.59 bits per heavy atom. The van der Waals surface area contributed by atoms with Gasteiger partial charge >= 0.3 is 11.9 Å². The van der Waals surface area contributed by atoms with Gasteiger partial charge in [-0.15, -0.1) is 0 Å². The first-order chi connectivity index (χ1) is 22.9. The van der Waals surface area contributed by atoms with Crippen LogP contribution in [-0.2, 0) is 28.5 Å². The monoisotopic (exact) mass is 692 g/mol. The first kappa shape index (κ1) is 37.2. The average Bonchev–Trinajstić information content (AvgIpc) is 3.07. The number of esters is 2. The van der Waals surface area contributed by atoms with Gasteiger partial charge in [-0.25, -0.2) is 4.79 Å². The number of aliphatic hydroxyl groups excluding tert-OH is 5. The molecule has 6 aliphatic rings. The lowest BCUT2D eigenvalue weighted by Gasteiger charge is -2.72. The summed E-state index contributed by atoms with van der Waals surface area (Å²) in [4.78, 5) is 25.9. The van der Waals surface area contributed by atoms with Crippen molar-refractivity contribution in [3.05, 3.63) is 11.6 Å². The molecule has 11 heteroatoms. The summed E-state index contributed by atoms with van der Waals surface area (Å²) in [5.74, 6) is 0.0551. The van der Waals surface area contributed by atoms with Crippen LogP contribution in [0.4, 0.5) is 0 Å². The fraction of sp³-hybridized carbons (Fsp3) is 0.895. The number of rotatable bonds is 5. The van der Waals surface area contributed by atoms with Crippen LogP contribution in [0, 0.1) is 56.7 Å². The van der Waals surface area contributed by atoms with E-state index >= 15 is 0 Å². The lowest BCUT2D eigenvalue weighted by molar-refractivity contribution is -0.340. The fourth-order valence-corrected chi connectivity index (χ4v) is 12.8. The summed E-state index contributed by atoms with van der Waals surface area (Å²) in [7, 11) is 2.65. The standard InChI is InChI=1S/C38H60O11/c1-19-11-14-38(33(45)47-8)16-15-36(5)21(25(38)20(19)2)9-10-24-34(3)17-22(40)30(35(4,18-39)23(34)12-13-37(24,36)6)49-32-28(43)26(41)27(42)29(48-32)31(44)46-7/h9,19-20,22-30,32,39-43H,10-18H2,1-8H3. The van der Waals surface area contributed by atoms with Crippen LogP contribution in [0.15, 0.2) is 11.6 Å². The van der Waals surface area contributed by atoms with Crippen molar-refractivity contribution in [3.63, 3.8) is 0 Å². The number of methoxy groups -OCH3 is 2. The van der Waals surface area contributed by atoms with E-state index in [-0.39, 0.29) is 41.2 Å². The molecule has 5 fully saturated rings. The summed E-state index contributed by atoms with van der Waals surface area (Å²) in [6.45, 7) is 13.3. The minimum absolute atomic E-state index is 0.0747. The van der Waals surface area contributed by atoms with Gasteiger partial charge in [-0.05, 0) is 97.2 Å². The Bertz CT molecular complexity index is 1340. The lowest BCUT2D eigenvalue weighted by atomic mass is 9.33. The van der Waals surface area contributed by atoms with E-state index in [0.717, 1.165) is 52.1 Å². The molecule has 1 heterocycles. The molecule has 17 atom stereocenters. The maximum atomic E-state index is 13.6. The number of carbonyl (C=O) groups excluding carboxylic acids is 2. The average molecular weight is 693 g/mol. The van der Waals surface area contributed by atoms with Crippen LogP contribution in [-0.4, -0.2) is 101 Å². The van der Waals surface area contributed by atoms with Gasteiger partial charge in [0.05, 0.1) is 38.4 Å². The summed E-state index contributed by atoms with van der Waals surface area (Å²) < 4.78 is 22.2. The molecule has 4 saturated carbocycles. The molecule has 11 nitrogen and oxygen atoms in total. The molecule has 278 valence electrons. The third-order valence-corrected chi connectivity index (χ3v) is 15.9. The number of hydrogen-bond donors (Lipinski definition) is 5. The van der Waals surface area contributed by atoms with Crippen molar-refractivity contribution in [1.82, 2.24) is 0 Å². The van der Waals surface area contributed by atoms with Crippen LogP contribution >= 0.6 is 0 Å². The van der Waals surface area contributed by atoms with E-state index in [9.17, 15) is 35.1 Å². The molecule has 49 heavy (non-hydrogen) atoms. The van der Waals surface area contributed by atoms with Gasteiger partial charge in [0, 0.05) is 5.41 Å². The van der Waals surface area contributed by atoms with E-state index in [2.05, 4.69) is 40.7 Å². The number of allylic oxidation sites excluding steroid dienone is 2. The Morgan fingerprint density at radius 1 is 0.898 bits per heavy atom. The highest BCUT2D eigenvalue weighted by Crippen LogP contribution is 2.76. The summed E-state index contributed by atoms with van der Waals surface area (Å²) in [6, 6.07) is 0. The van der Waals surface area contributed by atoms with Crippen LogP contribution in [0.5, 0.6) is 0 Å². The molecule has 0 spiro atoms. The molecular formula is C38H60O11. The smallest absolute Gasteiger partial charge is 0.337 e. The zero-order valence-electron chi connectivity index (χ0n) is 30.6. The van der Waals surface area contributed by atoms with E-state index in [0.29, 0.717) is 18.3 Å². The SMILES string of the molecule is COC(=O)C1OC(OC2C(O)CC3(C)C(CCC4(C)C3CC=C3C5C(C)C(C)CCC5(C(=O)OC)CCC34C)C2(C)CO)C(O)C(O)C1O. The van der Waals surface area contributed by atoms with Gasteiger partial charge in [0.2, 0.25) is 0 Å². The lowest BCUT2D eigenvalue weighted by Crippen LogP contribution is -2.69. The van der Waals surface area contributed by atoms with E-state index in [1.165, 1.54) is 12.7 Å². The second-order valence-electron chi connectivity index (χ2n) is 17.7. The molecule has 0 bridgehead atoms. The first-order valence-electron chi connectivity index (χ1n) is 18.4. The van der Waals surface area contributed by atoms with Crippen LogP contribution in [0.1, 0.15) is 92.9 Å². The molecule has 5 aliphatic carbocycles. The van der Waals surface area contributed by atoms with Gasteiger partial charge in [0.1, 0.15) is 18.3 Å². The molecule has 6 rings (SSSR count). The van der Waals surface area contributed by atoms with Gasteiger partial charge in [-0.3, -0.25) is 4.79 Å². The topological polar surface area (TPSA) is 172 Å². The van der Waals surface area contributed by atoms with Crippen molar-refractivity contribution in [1.29, 1.82) is 0 Å². The number of aliphatic hydroxyl groups is 5. The second-order valence-corrected chi connectivity index (χ2v) is 17.7. The summed E-state index contributed by atoms with van der Waals surface area (Å²) in [6.07, 6.45) is -1.56. The molecule has 1 saturated heterocycles. The molecule has 0 aromatic heterocycles. The van der Waals surface area contributed by atoms with Gasteiger partial charge in [-0.2, -0.15) is 0 Å². The molecular weight excluding hydrogens is 632 g/mol. The summed E-state index contributed by atoms with van der Waals surface area (Å²) in [5, 5.41) is 54.9. The third kappa shape index (κ3) is 4.99. The van der Waals surface area contributed by atoms with Crippen molar-refractivity contribution < 1.29 is 54.1 Å². The second kappa shape index (κ2) is 12.5. The maximum Gasteiger partial charge on any atom is 0.337 e. The number of ether oxygens (including phenoxy) is 4. The molecule has 1 aliphatic heterocycles. The van der Waals surface area contributed by atoms with Crippen molar-refractivity contribution in [2.75, 3.05) is 20.8 Å². The maximum absolute atomic E-state index is 13.6. The Hall–Kier alpha value is -1.60. The minimum atomic E-state index is -1.75. The highest BCUT2D eigenvalue weighted by atomic mass is 16.7. The number of fused-ring (bicyclic) bond motifs is 7. The number of carbonyl (C=O) groups is 2. The van der Waals surface area contributed by atoms with E-state index in [1.54, 1.807) is 0 Å². The molecule has 0 amide bonds. The van der Waals surface area contributed by atoms with Crippen molar-refractivity contribution in [3.8, 4) is 0 Å². The van der Waals surface area contributed by atoms with Gasteiger partial charge in [0.15, 0.2) is 12.4 Å². The van der Waals surface area contributed by atoms with Gasteiger partial charge in [-0.1, -0.05) is 53.2 Å². The van der Waals surface area contributed by atoms with Crippen LogP contribution in [0.25, 0.3) is 0 Å². The predicted molar refractivity (Wildman–Crippen MR) is 177 cm³/mol. The molecule has 0 radical (unpaired) electrons. The Labute approximate surface area is 290 Å². The zero-order chi connectivity index (χ0) is 36.1. The highest BCUT2D eigenvalue weighted by molar-refractivity contribution is 5.78. The first-order valence-corrected chi connectivity index (χ1v) is 18.4. The normalized spacial score (nSPS) is 53.9. The third-order valence-electron chi connectivity index (χ3n) is 15.9. The summed E-state index contributed by atoms with van der Waals surface area (Å²) in [5.41, 5.74) is -0.747. The van der Waals surface area contributed by atoms with Crippen LogP contribution in [0.2, 0.25) is 0 Å². The van der Waals surface area contributed by atoms with Gasteiger partial charge < -0.3 is 44.5 Å². The summed E-state index contributed by atoms with van der Waals surface area (Å²) >= 11 is 0. The highest BCUT2D eigenvalue weighted by Gasteiger charge is 2.71. The van der Waals surface area contributed by atoms with Gasteiger partial charge in [0.25, 0.3) is 0 Å². The van der Waals surface area contributed by atoms with E-state index in [4.69, 9.17) is 18.9 Å². The molecule has 0 aromatic rings. The Morgan fingerprint density at radius 3 is 2.22 bits per heavy atom. The van der Waals surface area contributed by atoms with E-state index in [1.807, 2.05) is 6.92 Å². The largest absolute Gasteiger partial charge is 0.469 e. The van der Waals surface area contributed by atoms with Crippen molar-refractivity contribution >= 4 is 11.9 Å². The Balaban J connectivity index is 1.34. The van der Waals surface area contributed by atoms with Crippen molar-refractivity contribution in [2.45, 2.75) is 136 Å². The molecule has 0 aromatic carbocycles. The zero-order valence-corrected chi connectivity index (χ0v) is 30.6. The fourth-order valence-electron chi connectivity index (χ4n) is 12.8. The van der Waals surface area contributed by atoms with E-state index < -0.39 is 65.1 Å². The Kier molecular flexibility index (Phi) is 9.50. The minimum Gasteiger partial charge on any atom is -0.469 e. The number of hydrogen-bond acceptors (Lipinski definition) is 11. The van der Waals surface area contributed by atoms with Crippen LogP contribution in [0.3, 0.4) is 0 Å². The quantitative estimate of drug-likeness (QED) is 0.163. The molecule has 5 N–H and O–H groups in total. The molecule has 17 unspecified atom stereocenters. The van der Waals surface area contributed by atoms with Crippen molar-refractivity contribution in [2.24, 2.45) is 56.7 Å². The predicted octanol–water partition coefficient (Wildman–Crippen LogP) is 3.13.